The molecule has 1 aromatic carbocycles. The number of rotatable bonds is 3. The summed E-state index contributed by atoms with van der Waals surface area (Å²) in [5, 5.41) is 9.54. The number of fused-ring (bicyclic) bond motifs is 3. The molecule has 2 aliphatic rings. The highest BCUT2D eigenvalue weighted by molar-refractivity contribution is 6.30. The molecule has 2 aromatic rings. The van der Waals surface area contributed by atoms with Gasteiger partial charge < -0.3 is 9.64 Å². The van der Waals surface area contributed by atoms with E-state index in [0.29, 0.717) is 24.0 Å². The number of carbonyl (C=O) groups is 2. The topological polar surface area (TPSA) is 77.3 Å². The summed E-state index contributed by atoms with van der Waals surface area (Å²) in [6.07, 6.45) is 5.88. The highest BCUT2D eigenvalue weighted by Crippen LogP contribution is 2.35. The molecule has 4 rings (SSSR count). The minimum Gasteiger partial charge on any atom is -0.456 e. The second-order valence-corrected chi connectivity index (χ2v) is 7.88. The van der Waals surface area contributed by atoms with Crippen LogP contribution < -0.4 is 0 Å². The molecular formula is C20H23ClN4O3. The number of benzene rings is 1. The van der Waals surface area contributed by atoms with Crippen molar-refractivity contribution in [2.24, 2.45) is 0 Å². The minimum absolute atomic E-state index is 0.267. The lowest BCUT2D eigenvalue weighted by molar-refractivity contribution is -0.150. The number of amides is 1. The fourth-order valence-electron chi connectivity index (χ4n) is 4.08. The van der Waals surface area contributed by atoms with Gasteiger partial charge in [-0.05, 0) is 36.6 Å². The summed E-state index contributed by atoms with van der Waals surface area (Å²) in [7, 11) is 0. The summed E-state index contributed by atoms with van der Waals surface area (Å²) in [5.74, 6) is 1.32. The SMILES string of the molecule is CC(=O)OCC(=O)N1Cc2cc(Cl)ccc2-n2c(nnc2C2CCCCC2)C1. The van der Waals surface area contributed by atoms with Crippen molar-refractivity contribution in [3.05, 3.63) is 40.4 Å². The summed E-state index contributed by atoms with van der Waals surface area (Å²) in [5.41, 5.74) is 1.90. The van der Waals surface area contributed by atoms with E-state index in [2.05, 4.69) is 14.8 Å². The third-order valence-electron chi connectivity index (χ3n) is 5.45. The highest BCUT2D eigenvalue weighted by atomic mass is 35.5. The predicted molar refractivity (Wildman–Crippen MR) is 103 cm³/mol. The molecule has 0 bridgehead atoms. The molecule has 148 valence electrons. The van der Waals surface area contributed by atoms with Crippen molar-refractivity contribution in [1.82, 2.24) is 19.7 Å². The molecule has 1 aliphatic carbocycles. The van der Waals surface area contributed by atoms with Crippen LogP contribution in [0.25, 0.3) is 5.69 Å². The molecule has 1 amide bonds. The largest absolute Gasteiger partial charge is 0.456 e. The molecule has 1 aromatic heterocycles. The van der Waals surface area contributed by atoms with E-state index in [1.165, 1.54) is 26.2 Å². The maximum Gasteiger partial charge on any atom is 0.303 e. The molecule has 28 heavy (non-hydrogen) atoms. The summed E-state index contributed by atoms with van der Waals surface area (Å²) in [6.45, 7) is 1.70. The van der Waals surface area contributed by atoms with E-state index in [4.69, 9.17) is 16.3 Å². The summed E-state index contributed by atoms with van der Waals surface area (Å²) >= 11 is 6.24. The number of carbonyl (C=O) groups excluding carboxylic acids is 2. The first-order chi connectivity index (χ1) is 13.5. The maximum absolute atomic E-state index is 12.6. The second kappa shape index (κ2) is 7.91. The molecule has 1 aliphatic heterocycles. The zero-order chi connectivity index (χ0) is 19.7. The van der Waals surface area contributed by atoms with Crippen molar-refractivity contribution in [2.75, 3.05) is 6.61 Å². The van der Waals surface area contributed by atoms with E-state index in [0.717, 1.165) is 35.7 Å². The van der Waals surface area contributed by atoms with Gasteiger partial charge in [0.1, 0.15) is 5.82 Å². The van der Waals surface area contributed by atoms with Crippen LogP contribution in [0.1, 0.15) is 62.2 Å². The zero-order valence-corrected chi connectivity index (χ0v) is 16.6. The predicted octanol–water partition coefficient (Wildman–Crippen LogP) is 3.37. The quantitative estimate of drug-likeness (QED) is 0.735. The molecule has 0 radical (unpaired) electrons. The summed E-state index contributed by atoms with van der Waals surface area (Å²) < 4.78 is 7.00. The number of nitrogens with zero attached hydrogens (tertiary/aromatic N) is 4. The Labute approximate surface area is 168 Å². The maximum atomic E-state index is 12.6. The average Bonchev–Trinajstić information content (AvgIpc) is 3.02. The number of ether oxygens (including phenoxy) is 1. The molecule has 8 heteroatoms. The third kappa shape index (κ3) is 3.76. The van der Waals surface area contributed by atoms with Crippen LogP contribution in [-0.4, -0.2) is 38.1 Å². The second-order valence-electron chi connectivity index (χ2n) is 7.45. The molecule has 7 nitrogen and oxygen atoms in total. The van der Waals surface area contributed by atoms with Crippen molar-refractivity contribution in [1.29, 1.82) is 0 Å². The van der Waals surface area contributed by atoms with Crippen LogP contribution in [0.15, 0.2) is 18.2 Å². The molecule has 1 saturated carbocycles. The van der Waals surface area contributed by atoms with Crippen LogP contribution in [0.5, 0.6) is 0 Å². The van der Waals surface area contributed by atoms with Gasteiger partial charge in [0.25, 0.3) is 5.91 Å². The van der Waals surface area contributed by atoms with Crippen LogP contribution >= 0.6 is 11.6 Å². The van der Waals surface area contributed by atoms with E-state index in [9.17, 15) is 9.59 Å². The van der Waals surface area contributed by atoms with Crippen LogP contribution in [0, 0.1) is 0 Å². The fourth-order valence-corrected chi connectivity index (χ4v) is 4.28. The van der Waals surface area contributed by atoms with Crippen molar-refractivity contribution >= 4 is 23.5 Å². The van der Waals surface area contributed by atoms with Gasteiger partial charge >= 0.3 is 5.97 Å². The molecular weight excluding hydrogens is 380 g/mol. The first kappa shape index (κ1) is 18.9. The van der Waals surface area contributed by atoms with Gasteiger partial charge in [-0.2, -0.15) is 0 Å². The van der Waals surface area contributed by atoms with E-state index in [1.54, 1.807) is 4.90 Å². The van der Waals surface area contributed by atoms with E-state index < -0.39 is 5.97 Å². The Morgan fingerprint density at radius 3 is 2.71 bits per heavy atom. The zero-order valence-electron chi connectivity index (χ0n) is 15.9. The van der Waals surface area contributed by atoms with Crippen LogP contribution in [0.2, 0.25) is 5.02 Å². The van der Waals surface area contributed by atoms with Gasteiger partial charge in [0, 0.05) is 24.4 Å². The summed E-state index contributed by atoms with van der Waals surface area (Å²) in [4.78, 5) is 25.3. The molecule has 0 spiro atoms. The molecule has 0 N–H and O–H groups in total. The molecule has 0 unspecified atom stereocenters. The number of halogens is 1. The van der Waals surface area contributed by atoms with Crippen molar-refractivity contribution in [3.63, 3.8) is 0 Å². The van der Waals surface area contributed by atoms with Crippen LogP contribution in [0.3, 0.4) is 0 Å². The number of aromatic nitrogens is 3. The molecule has 1 fully saturated rings. The monoisotopic (exact) mass is 402 g/mol. The van der Waals surface area contributed by atoms with Crippen molar-refractivity contribution in [2.45, 2.75) is 58.0 Å². The number of esters is 1. The molecule has 0 saturated heterocycles. The molecule has 2 heterocycles. The highest BCUT2D eigenvalue weighted by Gasteiger charge is 2.30. The Bertz CT molecular complexity index is 905. The average molecular weight is 403 g/mol. The normalized spacial score (nSPS) is 16.9. The van der Waals surface area contributed by atoms with Crippen molar-refractivity contribution < 1.29 is 14.3 Å². The van der Waals surface area contributed by atoms with E-state index in [-0.39, 0.29) is 12.5 Å². The fraction of sp³-hybridized carbons (Fsp3) is 0.500. The van der Waals surface area contributed by atoms with E-state index >= 15 is 0 Å². The Morgan fingerprint density at radius 2 is 1.96 bits per heavy atom. The van der Waals surface area contributed by atoms with Gasteiger partial charge in [0.2, 0.25) is 0 Å². The first-order valence-electron chi connectivity index (χ1n) is 9.67. The molecule has 0 atom stereocenters. The number of hydrogen-bond donors (Lipinski definition) is 0. The van der Waals surface area contributed by atoms with E-state index in [1.807, 2.05) is 18.2 Å². The minimum atomic E-state index is -0.477. The lowest BCUT2D eigenvalue weighted by Gasteiger charge is -2.22. The van der Waals surface area contributed by atoms with Crippen LogP contribution in [-0.2, 0) is 27.4 Å². The van der Waals surface area contributed by atoms with Gasteiger partial charge in [-0.3, -0.25) is 14.2 Å². The van der Waals surface area contributed by atoms with Gasteiger partial charge in [-0.25, -0.2) is 0 Å². The van der Waals surface area contributed by atoms with Crippen molar-refractivity contribution in [3.8, 4) is 5.69 Å². The third-order valence-corrected chi connectivity index (χ3v) is 5.69. The Hall–Kier alpha value is -2.41. The Balaban J connectivity index is 1.73. The standard InChI is InChI=1S/C20H23ClN4O3/c1-13(26)28-12-19(27)24-10-15-9-16(21)7-8-17(15)25-18(11-24)22-23-20(25)14-5-3-2-4-6-14/h7-9,14H,2-6,10-12H2,1H3. The Morgan fingerprint density at radius 1 is 1.18 bits per heavy atom. The lowest BCUT2D eigenvalue weighted by Crippen LogP contribution is -2.33. The lowest BCUT2D eigenvalue weighted by atomic mass is 9.88. The van der Waals surface area contributed by atoms with Gasteiger partial charge in [-0.1, -0.05) is 30.9 Å². The first-order valence-corrected chi connectivity index (χ1v) is 10.0. The van der Waals surface area contributed by atoms with Gasteiger partial charge in [0.05, 0.1) is 12.2 Å². The smallest absolute Gasteiger partial charge is 0.303 e. The van der Waals surface area contributed by atoms with Crippen LogP contribution in [0.4, 0.5) is 0 Å². The van der Waals surface area contributed by atoms with Gasteiger partial charge in [-0.15, -0.1) is 10.2 Å². The summed E-state index contributed by atoms with van der Waals surface area (Å²) in [6, 6.07) is 5.70. The number of hydrogen-bond acceptors (Lipinski definition) is 5. The van der Waals surface area contributed by atoms with Gasteiger partial charge in [0.15, 0.2) is 12.4 Å². The Kier molecular flexibility index (Phi) is 5.35.